The Kier molecular flexibility index (Phi) is 6.28. The number of carbonyl (C=O) groups excluding carboxylic acids is 1. The number of fused-ring (bicyclic) bond motifs is 1. The number of aromatic nitrogens is 3. The number of imidazole rings is 1. The van der Waals surface area contributed by atoms with Crippen molar-refractivity contribution in [2.24, 2.45) is 0 Å². The van der Waals surface area contributed by atoms with Crippen LogP contribution in [0.4, 0.5) is 10.1 Å². The van der Waals surface area contributed by atoms with Gasteiger partial charge < -0.3 is 14.0 Å². The first kappa shape index (κ1) is 26.0. The molecule has 4 heterocycles. The van der Waals surface area contributed by atoms with Gasteiger partial charge in [0.2, 0.25) is 15.9 Å². The number of nitrogens with zero attached hydrogens (tertiary/aromatic N) is 5. The highest BCUT2D eigenvalue weighted by molar-refractivity contribution is 7.88. The molecule has 2 aliphatic heterocycles. The molecule has 2 aromatic carbocycles. The predicted octanol–water partition coefficient (Wildman–Crippen LogP) is 5.18. The number of hydrogen-bond donors (Lipinski definition) is 0. The highest BCUT2D eigenvalue weighted by atomic mass is 35.5. The van der Waals surface area contributed by atoms with Crippen LogP contribution < -0.4 is 4.90 Å². The maximum absolute atomic E-state index is 13.9. The molecule has 12 heteroatoms. The zero-order valence-electron chi connectivity index (χ0n) is 21.7. The van der Waals surface area contributed by atoms with Crippen molar-refractivity contribution in [1.29, 1.82) is 0 Å². The lowest BCUT2D eigenvalue weighted by atomic mass is 10.0. The van der Waals surface area contributed by atoms with Crippen molar-refractivity contribution in [2.45, 2.75) is 45.2 Å². The number of benzene rings is 2. The van der Waals surface area contributed by atoms with E-state index in [1.807, 2.05) is 32.0 Å². The van der Waals surface area contributed by atoms with E-state index in [0.717, 1.165) is 27.9 Å². The average molecular weight is 572 g/mol. The number of aryl methyl sites for hydroxylation is 2. The van der Waals surface area contributed by atoms with E-state index in [-0.39, 0.29) is 17.0 Å². The van der Waals surface area contributed by atoms with Gasteiger partial charge in [0.15, 0.2) is 0 Å². The molecular weight excluding hydrogens is 545 g/mol. The summed E-state index contributed by atoms with van der Waals surface area (Å²) in [6, 6.07) is 9.59. The van der Waals surface area contributed by atoms with Crippen molar-refractivity contribution in [3.63, 3.8) is 0 Å². The number of hydrogen-bond acceptors (Lipinski definition) is 6. The van der Waals surface area contributed by atoms with Crippen molar-refractivity contribution >= 4 is 44.3 Å². The van der Waals surface area contributed by atoms with Crippen molar-refractivity contribution in [1.82, 2.24) is 19.0 Å². The third-order valence-corrected chi connectivity index (χ3v) is 9.25. The fourth-order valence-electron chi connectivity index (χ4n) is 5.90. The van der Waals surface area contributed by atoms with Gasteiger partial charge in [-0.15, -0.1) is 0 Å². The lowest BCUT2D eigenvalue weighted by molar-refractivity contribution is -0.117. The fraction of sp³-hybridized carbons (Fsp3) is 0.370. The van der Waals surface area contributed by atoms with Crippen LogP contribution in [0.2, 0.25) is 5.02 Å². The molecule has 6 rings (SSSR count). The number of anilines is 1. The molecule has 204 valence electrons. The number of carbonyl (C=O) groups is 1. The van der Waals surface area contributed by atoms with E-state index in [1.54, 1.807) is 11.0 Å². The van der Waals surface area contributed by atoms with Crippen molar-refractivity contribution in [3.8, 4) is 11.1 Å². The van der Waals surface area contributed by atoms with Crippen LogP contribution in [0.3, 0.4) is 0 Å². The number of halogens is 2. The van der Waals surface area contributed by atoms with Crippen LogP contribution in [-0.2, 0) is 14.8 Å². The molecule has 2 aromatic heterocycles. The van der Waals surface area contributed by atoms with Crippen molar-refractivity contribution in [3.05, 3.63) is 64.5 Å². The van der Waals surface area contributed by atoms with E-state index in [0.29, 0.717) is 49.6 Å². The van der Waals surface area contributed by atoms with Gasteiger partial charge in [0.1, 0.15) is 17.4 Å². The molecule has 2 fully saturated rings. The minimum Gasteiger partial charge on any atom is -0.361 e. The summed E-state index contributed by atoms with van der Waals surface area (Å²) >= 11 is 6.07. The predicted molar refractivity (Wildman–Crippen MR) is 146 cm³/mol. The molecule has 2 aliphatic rings. The normalized spacial score (nSPS) is 20.5. The van der Waals surface area contributed by atoms with Gasteiger partial charge in [0.05, 0.1) is 40.1 Å². The third kappa shape index (κ3) is 4.42. The topological polar surface area (TPSA) is 102 Å². The first-order valence-corrected chi connectivity index (χ1v) is 14.9. The van der Waals surface area contributed by atoms with Gasteiger partial charge in [-0.1, -0.05) is 22.8 Å². The minimum atomic E-state index is -3.36. The summed E-state index contributed by atoms with van der Waals surface area (Å²) in [5.74, 6) is 0.691. The van der Waals surface area contributed by atoms with Crippen LogP contribution in [0, 0.1) is 19.7 Å². The summed E-state index contributed by atoms with van der Waals surface area (Å²) in [6.07, 6.45) is 2.64. The third-order valence-electron chi connectivity index (χ3n) is 7.69. The van der Waals surface area contributed by atoms with Crippen LogP contribution in [0.5, 0.6) is 0 Å². The number of rotatable bonds is 5. The molecule has 4 aromatic rings. The maximum atomic E-state index is 13.9. The number of sulfonamides is 1. The molecule has 9 nitrogen and oxygen atoms in total. The Balaban J connectivity index is 1.51. The van der Waals surface area contributed by atoms with Crippen molar-refractivity contribution in [2.75, 3.05) is 24.2 Å². The minimum absolute atomic E-state index is 0.0665. The molecule has 0 N–H and O–H groups in total. The van der Waals surface area contributed by atoms with Crippen LogP contribution >= 0.6 is 11.6 Å². The van der Waals surface area contributed by atoms with E-state index in [9.17, 15) is 17.6 Å². The van der Waals surface area contributed by atoms with E-state index < -0.39 is 21.9 Å². The maximum Gasteiger partial charge on any atom is 0.227 e. The summed E-state index contributed by atoms with van der Waals surface area (Å²) < 4.78 is 47.5. The molecule has 39 heavy (non-hydrogen) atoms. The zero-order chi connectivity index (χ0) is 27.6. The van der Waals surface area contributed by atoms with Crippen LogP contribution in [0.25, 0.3) is 22.2 Å². The van der Waals surface area contributed by atoms with Crippen molar-refractivity contribution < 1.29 is 22.1 Å². The summed E-state index contributed by atoms with van der Waals surface area (Å²) in [5, 5.41) is 4.01. The SMILES string of the molecule is Cc1noc(C)c1-c1ccc2c(c1)nc([C@@H]1CCC(=O)N1c1ccc(F)c(Cl)c1)n2[C@@H]1CCN(S(C)(=O)=O)C1. The second-order valence-corrected chi connectivity index (χ2v) is 12.6. The summed E-state index contributed by atoms with van der Waals surface area (Å²) in [4.78, 5) is 19.8. The number of amides is 1. The van der Waals surface area contributed by atoms with E-state index in [1.165, 1.54) is 22.7 Å². The second-order valence-electron chi connectivity index (χ2n) is 10.2. The van der Waals surface area contributed by atoms with Gasteiger partial charge in [0.25, 0.3) is 0 Å². The molecule has 0 saturated carbocycles. The Morgan fingerprint density at radius 3 is 2.59 bits per heavy atom. The average Bonchev–Trinajstić information content (AvgIpc) is 3.65. The molecule has 0 unspecified atom stereocenters. The standard InChI is InChI=1S/C27H27ClFN5O4S/c1-15-26(16(2)38-31-15)17-4-7-23-22(12-17)30-27(34(23)19-10-11-32(14-19)39(3,36)37)24-8-9-25(35)33(24)18-5-6-21(29)20(28)13-18/h4-7,12-13,19,24H,8-11,14H2,1-3H3/t19-,24+/m1/s1. The Morgan fingerprint density at radius 1 is 1.13 bits per heavy atom. The Morgan fingerprint density at radius 2 is 1.92 bits per heavy atom. The molecular formula is C27H27ClFN5O4S. The van der Waals surface area contributed by atoms with E-state index >= 15 is 0 Å². The highest BCUT2D eigenvalue weighted by Crippen LogP contribution is 2.42. The summed E-state index contributed by atoms with van der Waals surface area (Å²) in [5.41, 5.74) is 4.63. The molecule has 0 bridgehead atoms. The fourth-order valence-corrected chi connectivity index (χ4v) is 6.95. The van der Waals surface area contributed by atoms with Gasteiger partial charge >= 0.3 is 0 Å². The van der Waals surface area contributed by atoms with Crippen LogP contribution in [0.1, 0.15) is 48.6 Å². The summed E-state index contributed by atoms with van der Waals surface area (Å²) in [6.45, 7) is 4.46. The smallest absolute Gasteiger partial charge is 0.227 e. The molecule has 2 saturated heterocycles. The molecule has 1 amide bonds. The van der Waals surface area contributed by atoms with Gasteiger partial charge in [-0.25, -0.2) is 22.1 Å². The van der Waals surface area contributed by atoms with Gasteiger partial charge in [0, 0.05) is 30.8 Å². The Bertz CT molecular complexity index is 1710. The summed E-state index contributed by atoms with van der Waals surface area (Å²) in [7, 11) is -3.36. The largest absolute Gasteiger partial charge is 0.361 e. The second kappa shape index (κ2) is 9.42. The van der Waals surface area contributed by atoms with E-state index in [2.05, 4.69) is 9.72 Å². The first-order chi connectivity index (χ1) is 18.5. The monoisotopic (exact) mass is 571 g/mol. The molecule has 2 atom stereocenters. The molecule has 0 aliphatic carbocycles. The lowest BCUT2D eigenvalue weighted by Crippen LogP contribution is -2.31. The van der Waals surface area contributed by atoms with Gasteiger partial charge in [-0.2, -0.15) is 0 Å². The highest BCUT2D eigenvalue weighted by Gasteiger charge is 2.40. The Hall–Kier alpha value is -3.28. The van der Waals surface area contributed by atoms with E-state index in [4.69, 9.17) is 21.1 Å². The molecule has 0 spiro atoms. The first-order valence-electron chi connectivity index (χ1n) is 12.7. The van der Waals surface area contributed by atoms with Crippen LogP contribution in [-0.4, -0.2) is 52.7 Å². The lowest BCUT2D eigenvalue weighted by Gasteiger charge is -2.27. The van der Waals surface area contributed by atoms with Crippen LogP contribution in [0.15, 0.2) is 40.9 Å². The molecule has 0 radical (unpaired) electrons. The Labute approximate surface area is 230 Å². The van der Waals surface area contributed by atoms with Gasteiger partial charge in [-0.3, -0.25) is 4.79 Å². The van der Waals surface area contributed by atoms with Gasteiger partial charge in [-0.05, 0) is 62.6 Å². The zero-order valence-corrected chi connectivity index (χ0v) is 23.3. The quantitative estimate of drug-likeness (QED) is 0.327.